The first kappa shape index (κ1) is 12.4. The fraction of sp³-hybridized carbons (Fsp3) is 0. The van der Waals surface area contributed by atoms with Crippen molar-refractivity contribution in [3.63, 3.8) is 0 Å². The highest BCUT2D eigenvalue weighted by Gasteiger charge is 2.07. The van der Waals surface area contributed by atoms with E-state index in [0.29, 0.717) is 16.5 Å². The van der Waals surface area contributed by atoms with Crippen LogP contribution in [0, 0.1) is 0 Å². The van der Waals surface area contributed by atoms with Crippen molar-refractivity contribution >= 4 is 38.8 Å². The van der Waals surface area contributed by atoms with Crippen molar-refractivity contribution < 1.29 is 9.21 Å². The molecule has 0 unspecified atom stereocenters. The Kier molecular flexibility index (Phi) is 3.18. The number of benzene rings is 1. The van der Waals surface area contributed by atoms with Crippen LogP contribution in [0.15, 0.2) is 46.1 Å². The molecule has 100 valence electrons. The van der Waals surface area contributed by atoms with Crippen molar-refractivity contribution in [3.05, 3.63) is 47.9 Å². The van der Waals surface area contributed by atoms with E-state index in [9.17, 15) is 4.79 Å². The molecule has 0 aliphatic rings. The Morgan fingerprint density at radius 3 is 3.15 bits per heavy atom. The van der Waals surface area contributed by atoms with Crippen LogP contribution in [0.3, 0.4) is 0 Å². The minimum Gasteiger partial charge on any atom is -0.463 e. The van der Waals surface area contributed by atoms with Gasteiger partial charge in [0.2, 0.25) is 0 Å². The maximum Gasteiger partial charge on any atom is 0.271 e. The third-order valence-corrected chi connectivity index (χ3v) is 3.42. The van der Waals surface area contributed by atoms with Gasteiger partial charge in [0.15, 0.2) is 5.13 Å². The second-order valence-corrected chi connectivity index (χ2v) is 5.01. The summed E-state index contributed by atoms with van der Waals surface area (Å²) in [6, 6.07) is 8.65. The van der Waals surface area contributed by atoms with Crippen LogP contribution in [0.5, 0.6) is 0 Å². The van der Waals surface area contributed by atoms with E-state index in [0.717, 1.165) is 10.2 Å². The lowest BCUT2D eigenvalue weighted by Gasteiger charge is -1.98. The van der Waals surface area contributed by atoms with Crippen molar-refractivity contribution in [3.8, 4) is 0 Å². The van der Waals surface area contributed by atoms with E-state index in [-0.39, 0.29) is 5.91 Å². The number of nitrogens with one attached hydrogen (secondary N) is 1. The fourth-order valence-corrected chi connectivity index (χ4v) is 2.44. The number of nitrogen functional groups attached to an aromatic ring is 1. The molecule has 20 heavy (non-hydrogen) atoms. The third kappa shape index (κ3) is 2.52. The Morgan fingerprint density at radius 1 is 1.45 bits per heavy atom. The zero-order valence-electron chi connectivity index (χ0n) is 10.2. The number of carbonyl (C=O) groups is 1. The summed E-state index contributed by atoms with van der Waals surface area (Å²) in [5.74, 6) is 0.262. The molecule has 6 nitrogen and oxygen atoms in total. The quantitative estimate of drug-likeness (QED) is 0.570. The summed E-state index contributed by atoms with van der Waals surface area (Å²) in [7, 11) is 0. The number of carbonyl (C=O) groups excluding carboxylic acids is 1. The lowest BCUT2D eigenvalue weighted by atomic mass is 10.2. The van der Waals surface area contributed by atoms with Gasteiger partial charge in [-0.1, -0.05) is 11.3 Å². The molecule has 0 saturated heterocycles. The molecule has 3 N–H and O–H groups in total. The molecule has 1 amide bonds. The van der Waals surface area contributed by atoms with E-state index < -0.39 is 0 Å². The first-order valence-electron chi connectivity index (χ1n) is 5.75. The molecule has 3 rings (SSSR count). The Morgan fingerprint density at radius 2 is 2.35 bits per heavy atom. The van der Waals surface area contributed by atoms with Gasteiger partial charge >= 0.3 is 0 Å². The summed E-state index contributed by atoms with van der Waals surface area (Å²) in [5, 5.41) is 4.30. The fourth-order valence-electron chi connectivity index (χ4n) is 1.67. The number of hydrogen-bond acceptors (Lipinski definition) is 6. The smallest absolute Gasteiger partial charge is 0.271 e. The largest absolute Gasteiger partial charge is 0.463 e. The number of aromatic nitrogens is 1. The number of rotatable bonds is 3. The molecule has 2 aromatic heterocycles. The number of thiazole rings is 1. The highest BCUT2D eigenvalue weighted by molar-refractivity contribution is 7.22. The van der Waals surface area contributed by atoms with E-state index in [2.05, 4.69) is 15.5 Å². The second kappa shape index (κ2) is 5.14. The molecule has 0 atom stereocenters. The van der Waals surface area contributed by atoms with Crippen LogP contribution in [0.4, 0.5) is 5.13 Å². The van der Waals surface area contributed by atoms with Crippen LogP contribution >= 0.6 is 11.3 Å². The number of anilines is 1. The molecule has 2 heterocycles. The van der Waals surface area contributed by atoms with Gasteiger partial charge in [0, 0.05) is 5.56 Å². The summed E-state index contributed by atoms with van der Waals surface area (Å²) >= 11 is 1.34. The van der Waals surface area contributed by atoms with E-state index in [1.807, 2.05) is 0 Å². The average molecular weight is 286 g/mol. The highest BCUT2D eigenvalue weighted by Crippen LogP contribution is 2.24. The number of amides is 1. The molecule has 7 heteroatoms. The third-order valence-electron chi connectivity index (χ3n) is 2.57. The number of hydrogen-bond donors (Lipinski definition) is 2. The standard InChI is InChI=1S/C13H10N4O2S/c14-13-16-10-4-3-8(6-11(10)20-13)12(18)17-15-7-9-2-1-5-19-9/h1-7H,(H2,14,16)(H,17,18)/b15-7-. The van der Waals surface area contributed by atoms with E-state index >= 15 is 0 Å². The zero-order chi connectivity index (χ0) is 13.9. The van der Waals surface area contributed by atoms with Crippen molar-refractivity contribution in [2.24, 2.45) is 5.10 Å². The maximum atomic E-state index is 11.9. The molecule has 0 spiro atoms. The van der Waals surface area contributed by atoms with Crippen molar-refractivity contribution in [2.45, 2.75) is 0 Å². The Hall–Kier alpha value is -2.67. The molecule has 0 saturated carbocycles. The number of nitrogens with zero attached hydrogens (tertiary/aromatic N) is 2. The zero-order valence-corrected chi connectivity index (χ0v) is 11.1. The summed E-state index contributed by atoms with van der Waals surface area (Å²) in [6.07, 6.45) is 2.96. The Balaban J connectivity index is 1.75. The molecule has 0 aliphatic carbocycles. The van der Waals surface area contributed by atoms with Gasteiger partial charge in [0.1, 0.15) is 5.76 Å². The maximum absolute atomic E-state index is 11.9. The van der Waals surface area contributed by atoms with Gasteiger partial charge in [0.25, 0.3) is 5.91 Å². The van der Waals surface area contributed by atoms with Crippen LogP contribution in [0.2, 0.25) is 0 Å². The molecular formula is C13H10N4O2S. The minimum atomic E-state index is -0.304. The molecule has 3 aromatic rings. The van der Waals surface area contributed by atoms with Gasteiger partial charge < -0.3 is 10.2 Å². The topological polar surface area (TPSA) is 93.5 Å². The first-order valence-corrected chi connectivity index (χ1v) is 6.57. The number of nitrogens with two attached hydrogens (primary N) is 1. The Bertz CT molecular complexity index is 777. The monoisotopic (exact) mass is 286 g/mol. The van der Waals surface area contributed by atoms with Crippen LogP contribution in [-0.2, 0) is 0 Å². The molecule has 0 fully saturated rings. The van der Waals surface area contributed by atoms with Gasteiger partial charge in [-0.2, -0.15) is 5.10 Å². The molecule has 0 aliphatic heterocycles. The van der Waals surface area contributed by atoms with Crippen LogP contribution in [0.1, 0.15) is 16.1 Å². The normalized spacial score (nSPS) is 11.2. The summed E-state index contributed by atoms with van der Waals surface area (Å²) in [4.78, 5) is 16.1. The predicted octanol–water partition coefficient (Wildman–Crippen LogP) is 2.24. The van der Waals surface area contributed by atoms with Crippen LogP contribution in [0.25, 0.3) is 10.2 Å². The van der Waals surface area contributed by atoms with Crippen molar-refractivity contribution in [1.29, 1.82) is 0 Å². The summed E-state index contributed by atoms with van der Waals surface area (Å²) in [5.41, 5.74) is 9.33. The van der Waals surface area contributed by atoms with E-state index in [4.69, 9.17) is 10.2 Å². The van der Waals surface area contributed by atoms with Gasteiger partial charge in [-0.25, -0.2) is 10.4 Å². The average Bonchev–Trinajstić information content (AvgIpc) is 3.05. The second-order valence-electron chi connectivity index (χ2n) is 3.95. The van der Waals surface area contributed by atoms with Gasteiger partial charge in [-0.15, -0.1) is 0 Å². The van der Waals surface area contributed by atoms with Crippen LogP contribution in [-0.4, -0.2) is 17.1 Å². The van der Waals surface area contributed by atoms with Gasteiger partial charge in [-0.3, -0.25) is 4.79 Å². The van der Waals surface area contributed by atoms with E-state index in [1.54, 1.807) is 30.3 Å². The number of fused-ring (bicyclic) bond motifs is 1. The van der Waals surface area contributed by atoms with Gasteiger partial charge in [0.05, 0.1) is 22.7 Å². The molecule has 1 aromatic carbocycles. The lowest BCUT2D eigenvalue weighted by Crippen LogP contribution is -2.17. The SMILES string of the molecule is Nc1nc2ccc(C(=O)N/N=C\c3ccco3)cc2s1. The van der Waals surface area contributed by atoms with Crippen molar-refractivity contribution in [2.75, 3.05) is 5.73 Å². The number of furan rings is 1. The summed E-state index contributed by atoms with van der Waals surface area (Å²) in [6.45, 7) is 0. The molecular weight excluding hydrogens is 276 g/mol. The lowest BCUT2D eigenvalue weighted by molar-refractivity contribution is 0.0955. The summed E-state index contributed by atoms with van der Waals surface area (Å²) < 4.78 is 5.93. The highest BCUT2D eigenvalue weighted by atomic mass is 32.1. The molecule has 0 radical (unpaired) electrons. The van der Waals surface area contributed by atoms with E-state index in [1.165, 1.54) is 23.8 Å². The number of hydrazone groups is 1. The van der Waals surface area contributed by atoms with Crippen molar-refractivity contribution in [1.82, 2.24) is 10.4 Å². The Labute approximate surface area is 117 Å². The molecule has 0 bridgehead atoms. The van der Waals surface area contributed by atoms with Crippen LogP contribution < -0.4 is 11.2 Å². The van der Waals surface area contributed by atoms with Gasteiger partial charge in [-0.05, 0) is 30.3 Å². The minimum absolute atomic E-state index is 0.304. The first-order chi connectivity index (χ1) is 9.72. The predicted molar refractivity (Wildman–Crippen MR) is 77.8 cm³/mol.